The summed E-state index contributed by atoms with van der Waals surface area (Å²) in [4.78, 5) is 20.1. The van der Waals surface area contributed by atoms with E-state index in [0.717, 1.165) is 48.0 Å². The molecule has 0 spiro atoms. The van der Waals surface area contributed by atoms with E-state index >= 15 is 0 Å². The summed E-state index contributed by atoms with van der Waals surface area (Å²) in [5, 5.41) is 5.99. The minimum absolute atomic E-state index is 0.137. The molecule has 1 aliphatic rings. The number of rotatable bonds is 6. The molecule has 1 amide bonds. The summed E-state index contributed by atoms with van der Waals surface area (Å²) in [5.74, 6) is 2.21. The van der Waals surface area contributed by atoms with Crippen LogP contribution in [0.15, 0.2) is 54.7 Å². The summed E-state index contributed by atoms with van der Waals surface area (Å²) in [6.07, 6.45) is 5.97. The van der Waals surface area contributed by atoms with E-state index in [1.165, 1.54) is 13.0 Å². The first kappa shape index (κ1) is 21.9. The Bertz CT molecular complexity index is 1360. The van der Waals surface area contributed by atoms with Crippen LogP contribution >= 0.6 is 0 Å². The molecule has 5 rings (SSSR count). The number of carbonyl (C=O) groups is 1. The summed E-state index contributed by atoms with van der Waals surface area (Å²) in [5.41, 5.74) is 3.30. The van der Waals surface area contributed by atoms with Gasteiger partial charge in [-0.05, 0) is 60.7 Å². The Hall–Kier alpha value is -3.94. The molecule has 34 heavy (non-hydrogen) atoms. The number of hydrogen-bond donors (Lipinski definition) is 2. The van der Waals surface area contributed by atoms with E-state index in [2.05, 4.69) is 15.6 Å². The first-order valence-corrected chi connectivity index (χ1v) is 11.4. The number of fused-ring (bicyclic) bond motifs is 1. The van der Waals surface area contributed by atoms with Crippen molar-refractivity contribution in [1.82, 2.24) is 14.5 Å². The fraction of sp³-hybridized carbons (Fsp3) is 0.269. The lowest BCUT2D eigenvalue weighted by Crippen LogP contribution is -2.07. The molecule has 0 radical (unpaired) electrons. The molecule has 1 fully saturated rings. The largest absolute Gasteiger partial charge is 0.457 e. The van der Waals surface area contributed by atoms with Gasteiger partial charge in [0.2, 0.25) is 11.9 Å². The van der Waals surface area contributed by atoms with Crippen LogP contribution in [0.5, 0.6) is 11.5 Å². The molecule has 174 valence electrons. The Morgan fingerprint density at radius 2 is 1.88 bits per heavy atom. The molecule has 2 heterocycles. The Morgan fingerprint density at radius 1 is 1.09 bits per heavy atom. The number of pyridine rings is 1. The van der Waals surface area contributed by atoms with Crippen molar-refractivity contribution in [2.45, 2.75) is 38.5 Å². The molecule has 4 aromatic rings. The van der Waals surface area contributed by atoms with Gasteiger partial charge in [0.25, 0.3) is 0 Å². The van der Waals surface area contributed by atoms with Crippen LogP contribution in [-0.2, 0) is 11.8 Å². The quantitative estimate of drug-likeness (QED) is 0.356. The summed E-state index contributed by atoms with van der Waals surface area (Å²) in [6.45, 7) is 1.43. The van der Waals surface area contributed by atoms with Gasteiger partial charge in [-0.2, -0.15) is 0 Å². The van der Waals surface area contributed by atoms with Gasteiger partial charge in [-0.25, -0.2) is 14.4 Å². The van der Waals surface area contributed by atoms with Crippen LogP contribution in [0.4, 0.5) is 21.8 Å². The molecule has 0 atom stereocenters. The predicted octanol–water partition coefficient (Wildman–Crippen LogP) is 6.26. The lowest BCUT2D eigenvalue weighted by molar-refractivity contribution is -0.114. The third-order valence-electron chi connectivity index (χ3n) is 6.17. The molecule has 0 unspecified atom stereocenters. The second-order valence-electron chi connectivity index (χ2n) is 8.65. The zero-order chi connectivity index (χ0) is 23.7. The van der Waals surface area contributed by atoms with E-state index in [1.807, 2.05) is 35.9 Å². The molecule has 0 saturated heterocycles. The number of nitrogens with one attached hydrogen (secondary N) is 2. The van der Waals surface area contributed by atoms with Gasteiger partial charge in [-0.3, -0.25) is 4.79 Å². The average Bonchev–Trinajstić information content (AvgIpc) is 3.44. The number of amides is 1. The van der Waals surface area contributed by atoms with Crippen LogP contribution in [0.25, 0.3) is 11.0 Å². The molecule has 2 aromatic carbocycles. The van der Waals surface area contributed by atoms with E-state index in [0.29, 0.717) is 29.2 Å². The maximum Gasteiger partial charge on any atom is 0.222 e. The number of halogens is 1. The highest BCUT2D eigenvalue weighted by Crippen LogP contribution is 2.37. The highest BCUT2D eigenvalue weighted by atomic mass is 19.1. The molecule has 8 heteroatoms. The fourth-order valence-electron chi connectivity index (χ4n) is 4.51. The van der Waals surface area contributed by atoms with Crippen LogP contribution < -0.4 is 15.4 Å². The zero-order valence-corrected chi connectivity index (χ0v) is 19.1. The van der Waals surface area contributed by atoms with Crippen molar-refractivity contribution in [3.05, 3.63) is 66.1 Å². The number of carbonyl (C=O) groups excluding carboxylic acids is 1. The normalized spacial score (nSPS) is 13.9. The van der Waals surface area contributed by atoms with Crippen molar-refractivity contribution in [1.29, 1.82) is 0 Å². The molecular formula is C26H26FN5O2. The maximum absolute atomic E-state index is 14.4. The van der Waals surface area contributed by atoms with Crippen molar-refractivity contribution in [3.63, 3.8) is 0 Å². The molecule has 1 aliphatic carbocycles. The summed E-state index contributed by atoms with van der Waals surface area (Å²) < 4.78 is 22.3. The predicted molar refractivity (Wildman–Crippen MR) is 130 cm³/mol. The Kier molecular flexibility index (Phi) is 5.88. The van der Waals surface area contributed by atoms with Gasteiger partial charge in [0.1, 0.15) is 23.1 Å². The maximum atomic E-state index is 14.4. The van der Waals surface area contributed by atoms with Crippen LogP contribution in [0.3, 0.4) is 0 Å². The molecule has 1 saturated carbocycles. The topological polar surface area (TPSA) is 81.1 Å². The second-order valence-corrected chi connectivity index (χ2v) is 8.65. The van der Waals surface area contributed by atoms with Crippen molar-refractivity contribution < 1.29 is 13.9 Å². The van der Waals surface area contributed by atoms with Crippen molar-refractivity contribution in [3.8, 4) is 11.5 Å². The number of aryl methyl sites for hydroxylation is 1. The minimum Gasteiger partial charge on any atom is -0.457 e. The molecule has 0 aliphatic heterocycles. The fourth-order valence-corrected chi connectivity index (χ4v) is 4.51. The van der Waals surface area contributed by atoms with E-state index in [9.17, 15) is 9.18 Å². The van der Waals surface area contributed by atoms with Gasteiger partial charge in [0.15, 0.2) is 0 Å². The molecular weight excluding hydrogens is 433 g/mol. The first-order valence-electron chi connectivity index (χ1n) is 11.4. The van der Waals surface area contributed by atoms with Gasteiger partial charge in [0.05, 0.1) is 11.0 Å². The summed E-state index contributed by atoms with van der Waals surface area (Å²) in [6, 6.07) is 14.2. The number of nitrogens with zero attached hydrogens (tertiary/aromatic N) is 3. The van der Waals surface area contributed by atoms with Crippen LogP contribution in [0, 0.1) is 5.82 Å². The van der Waals surface area contributed by atoms with Gasteiger partial charge in [0, 0.05) is 38.0 Å². The average molecular weight is 460 g/mol. The standard InChI is InChI=1S/C26H26FN5O2/c1-16(33)29-25-15-20(11-12-28-25)34-19-8-10-24-23(14-19)31-26(32(24)2)30-18-7-9-22(27)21(13-18)17-5-3-4-6-17/h7-15,17H,3-6H2,1-2H3,(H,30,31)(H,28,29,33). The SMILES string of the molecule is CC(=O)Nc1cc(Oc2ccc3c(c2)nc(Nc2ccc(F)c(C4CCCC4)c2)n3C)ccn1. The molecule has 2 aromatic heterocycles. The van der Waals surface area contributed by atoms with E-state index in [4.69, 9.17) is 9.72 Å². The Labute approximate surface area is 197 Å². The first-order chi connectivity index (χ1) is 16.5. The molecule has 7 nitrogen and oxygen atoms in total. The number of imidazole rings is 1. The van der Waals surface area contributed by atoms with Gasteiger partial charge in [-0.15, -0.1) is 0 Å². The number of hydrogen-bond acceptors (Lipinski definition) is 5. The van der Waals surface area contributed by atoms with E-state index in [1.54, 1.807) is 24.4 Å². The Balaban J connectivity index is 1.38. The monoisotopic (exact) mass is 459 g/mol. The summed E-state index contributed by atoms with van der Waals surface area (Å²) in [7, 11) is 1.93. The number of anilines is 3. The second kappa shape index (κ2) is 9.13. The van der Waals surface area contributed by atoms with Gasteiger partial charge in [-0.1, -0.05) is 12.8 Å². The minimum atomic E-state index is -0.198. The third kappa shape index (κ3) is 4.57. The lowest BCUT2D eigenvalue weighted by atomic mass is 9.96. The number of aromatic nitrogens is 3. The van der Waals surface area contributed by atoms with E-state index in [-0.39, 0.29) is 11.7 Å². The van der Waals surface area contributed by atoms with Crippen molar-refractivity contribution in [2.24, 2.45) is 7.05 Å². The molecule has 2 N–H and O–H groups in total. The van der Waals surface area contributed by atoms with Crippen LogP contribution in [0.1, 0.15) is 44.1 Å². The van der Waals surface area contributed by atoms with Gasteiger partial charge < -0.3 is 19.9 Å². The highest BCUT2D eigenvalue weighted by molar-refractivity contribution is 5.87. The van der Waals surface area contributed by atoms with Gasteiger partial charge >= 0.3 is 0 Å². The third-order valence-corrected chi connectivity index (χ3v) is 6.17. The van der Waals surface area contributed by atoms with Crippen LogP contribution in [-0.4, -0.2) is 20.4 Å². The highest BCUT2D eigenvalue weighted by Gasteiger charge is 2.21. The summed E-state index contributed by atoms with van der Waals surface area (Å²) >= 11 is 0. The van der Waals surface area contributed by atoms with Crippen molar-refractivity contribution >= 4 is 34.4 Å². The van der Waals surface area contributed by atoms with Crippen LogP contribution in [0.2, 0.25) is 0 Å². The lowest BCUT2D eigenvalue weighted by Gasteiger charge is -2.13. The Morgan fingerprint density at radius 3 is 2.68 bits per heavy atom. The number of ether oxygens (including phenoxy) is 1. The number of benzene rings is 2. The molecule has 0 bridgehead atoms. The van der Waals surface area contributed by atoms with E-state index < -0.39 is 0 Å². The van der Waals surface area contributed by atoms with Crippen molar-refractivity contribution in [2.75, 3.05) is 10.6 Å². The zero-order valence-electron chi connectivity index (χ0n) is 19.1. The smallest absolute Gasteiger partial charge is 0.222 e.